The van der Waals surface area contributed by atoms with Gasteiger partial charge in [-0.15, -0.1) is 0 Å². The van der Waals surface area contributed by atoms with Crippen LogP contribution in [0.5, 0.6) is 0 Å². The Morgan fingerprint density at radius 2 is 1.93 bits per heavy atom. The number of nitrogens with two attached hydrogens (primary N) is 1. The van der Waals surface area contributed by atoms with Gasteiger partial charge in [-0.25, -0.2) is 0 Å². The van der Waals surface area contributed by atoms with E-state index in [1.807, 2.05) is 0 Å². The second-order valence-electron chi connectivity index (χ2n) is 5.20. The molecular weight excluding hydrogens is 178 g/mol. The highest BCUT2D eigenvalue weighted by molar-refractivity contribution is 5.67. The van der Waals surface area contributed by atoms with E-state index in [0.717, 1.165) is 6.42 Å². The van der Waals surface area contributed by atoms with Crippen molar-refractivity contribution in [3.05, 3.63) is 0 Å². The van der Waals surface area contributed by atoms with E-state index < -0.39 is 5.97 Å². The third-order valence-corrected chi connectivity index (χ3v) is 2.96. The number of carbonyl (C=O) groups is 1. The smallest absolute Gasteiger partial charge is 0.303 e. The van der Waals surface area contributed by atoms with Gasteiger partial charge in [-0.3, -0.25) is 4.79 Å². The molecule has 3 N–H and O–H groups in total. The molecule has 0 saturated heterocycles. The summed E-state index contributed by atoms with van der Waals surface area (Å²) in [6.45, 7) is 9.14. The third-order valence-electron chi connectivity index (χ3n) is 2.96. The summed E-state index contributed by atoms with van der Waals surface area (Å²) in [7, 11) is 0. The lowest BCUT2D eigenvalue weighted by Crippen LogP contribution is -2.25. The quantitative estimate of drug-likeness (QED) is 0.716. The highest BCUT2D eigenvalue weighted by Gasteiger charge is 2.24. The molecular formula is C11H23NO2. The van der Waals surface area contributed by atoms with E-state index in [-0.39, 0.29) is 17.8 Å². The monoisotopic (exact) mass is 201 g/mol. The first-order valence-electron chi connectivity index (χ1n) is 5.19. The predicted octanol–water partition coefficient (Wildman–Crippen LogP) is 2.11. The maximum Gasteiger partial charge on any atom is 0.303 e. The minimum Gasteiger partial charge on any atom is -0.481 e. The van der Waals surface area contributed by atoms with Crippen LogP contribution in [0.15, 0.2) is 0 Å². The molecule has 14 heavy (non-hydrogen) atoms. The van der Waals surface area contributed by atoms with Gasteiger partial charge < -0.3 is 10.8 Å². The van der Waals surface area contributed by atoms with Gasteiger partial charge in [-0.05, 0) is 30.2 Å². The third kappa shape index (κ3) is 5.22. The summed E-state index contributed by atoms with van der Waals surface area (Å²) in [5, 5.41) is 8.68. The zero-order chi connectivity index (χ0) is 11.4. The van der Waals surface area contributed by atoms with Gasteiger partial charge in [0.2, 0.25) is 0 Å². The van der Waals surface area contributed by atoms with Crippen molar-refractivity contribution in [2.24, 2.45) is 23.0 Å². The van der Waals surface area contributed by atoms with E-state index in [1.165, 1.54) is 0 Å². The standard InChI is InChI=1S/C11H23NO2/c1-8(11(2,3)4)5-9(7-12)6-10(13)14/h8-9H,5-7,12H2,1-4H3,(H,13,14). The average Bonchev–Trinajstić information content (AvgIpc) is 2.00. The fraction of sp³-hybridized carbons (Fsp3) is 0.909. The first-order chi connectivity index (χ1) is 6.27. The Morgan fingerprint density at radius 3 is 2.21 bits per heavy atom. The number of carboxylic acids is 1. The van der Waals surface area contributed by atoms with Crippen molar-refractivity contribution in [2.75, 3.05) is 6.54 Å². The molecule has 0 fully saturated rings. The highest BCUT2D eigenvalue weighted by atomic mass is 16.4. The highest BCUT2D eigenvalue weighted by Crippen LogP contribution is 2.31. The SMILES string of the molecule is CC(CC(CN)CC(=O)O)C(C)(C)C. The molecule has 0 aromatic rings. The van der Waals surface area contributed by atoms with Crippen molar-refractivity contribution in [1.82, 2.24) is 0 Å². The number of rotatable bonds is 5. The average molecular weight is 201 g/mol. The lowest BCUT2D eigenvalue weighted by atomic mass is 9.76. The van der Waals surface area contributed by atoms with E-state index in [0.29, 0.717) is 12.5 Å². The molecule has 0 bridgehead atoms. The largest absolute Gasteiger partial charge is 0.481 e. The van der Waals surface area contributed by atoms with E-state index in [2.05, 4.69) is 27.7 Å². The van der Waals surface area contributed by atoms with Gasteiger partial charge in [-0.2, -0.15) is 0 Å². The van der Waals surface area contributed by atoms with Crippen LogP contribution in [-0.4, -0.2) is 17.6 Å². The summed E-state index contributed by atoms with van der Waals surface area (Å²) in [4.78, 5) is 10.5. The van der Waals surface area contributed by atoms with E-state index in [1.54, 1.807) is 0 Å². The lowest BCUT2D eigenvalue weighted by molar-refractivity contribution is -0.138. The van der Waals surface area contributed by atoms with Gasteiger partial charge in [0.1, 0.15) is 0 Å². The Bertz CT molecular complexity index is 184. The number of aliphatic carboxylic acids is 1. The van der Waals surface area contributed by atoms with E-state index in [9.17, 15) is 4.79 Å². The summed E-state index contributed by atoms with van der Waals surface area (Å²) in [6.07, 6.45) is 1.09. The van der Waals surface area contributed by atoms with Gasteiger partial charge in [0.15, 0.2) is 0 Å². The Hall–Kier alpha value is -0.570. The molecule has 0 aliphatic carbocycles. The van der Waals surface area contributed by atoms with Crippen molar-refractivity contribution < 1.29 is 9.90 Å². The summed E-state index contributed by atoms with van der Waals surface area (Å²) < 4.78 is 0. The summed E-state index contributed by atoms with van der Waals surface area (Å²) in [5.74, 6) is -0.140. The van der Waals surface area contributed by atoms with Crippen LogP contribution in [0.25, 0.3) is 0 Å². The van der Waals surface area contributed by atoms with E-state index >= 15 is 0 Å². The summed E-state index contributed by atoms with van der Waals surface area (Å²) in [6, 6.07) is 0. The van der Waals surface area contributed by atoms with Crippen molar-refractivity contribution in [3.63, 3.8) is 0 Å². The zero-order valence-corrected chi connectivity index (χ0v) is 9.71. The zero-order valence-electron chi connectivity index (χ0n) is 9.71. The van der Waals surface area contributed by atoms with Crippen LogP contribution in [0.1, 0.15) is 40.5 Å². The van der Waals surface area contributed by atoms with E-state index in [4.69, 9.17) is 10.8 Å². The molecule has 3 heteroatoms. The summed E-state index contributed by atoms with van der Waals surface area (Å²) in [5.41, 5.74) is 5.78. The number of hydrogen-bond acceptors (Lipinski definition) is 2. The van der Waals surface area contributed by atoms with Crippen LogP contribution in [0.2, 0.25) is 0 Å². The minimum atomic E-state index is -0.749. The second kappa shape index (κ2) is 5.35. The molecule has 0 saturated carbocycles. The Balaban J connectivity index is 4.11. The van der Waals surface area contributed by atoms with Gasteiger partial charge in [0, 0.05) is 6.42 Å². The molecule has 0 amide bonds. The number of carboxylic acid groups (broad SMARTS) is 1. The first kappa shape index (κ1) is 13.4. The molecule has 2 unspecified atom stereocenters. The summed E-state index contributed by atoms with van der Waals surface area (Å²) >= 11 is 0. The van der Waals surface area contributed by atoms with Crippen LogP contribution >= 0.6 is 0 Å². The minimum absolute atomic E-state index is 0.113. The van der Waals surface area contributed by atoms with Crippen LogP contribution in [-0.2, 0) is 4.79 Å². The fourth-order valence-corrected chi connectivity index (χ4v) is 1.36. The maximum absolute atomic E-state index is 10.5. The van der Waals surface area contributed by atoms with Crippen molar-refractivity contribution in [3.8, 4) is 0 Å². The van der Waals surface area contributed by atoms with Crippen LogP contribution < -0.4 is 5.73 Å². The Labute approximate surface area is 86.7 Å². The normalized spacial score (nSPS) is 16.4. The van der Waals surface area contributed by atoms with Crippen molar-refractivity contribution in [1.29, 1.82) is 0 Å². The van der Waals surface area contributed by atoms with Crippen LogP contribution in [0, 0.1) is 17.3 Å². The van der Waals surface area contributed by atoms with Crippen LogP contribution in [0.4, 0.5) is 0 Å². The van der Waals surface area contributed by atoms with Gasteiger partial charge in [0.25, 0.3) is 0 Å². The molecule has 84 valence electrons. The molecule has 2 atom stereocenters. The Morgan fingerprint density at radius 1 is 1.43 bits per heavy atom. The second-order valence-corrected chi connectivity index (χ2v) is 5.20. The maximum atomic E-state index is 10.5. The predicted molar refractivity (Wildman–Crippen MR) is 58.0 cm³/mol. The molecule has 0 spiro atoms. The molecule has 0 aromatic carbocycles. The van der Waals surface area contributed by atoms with Crippen molar-refractivity contribution >= 4 is 5.97 Å². The fourth-order valence-electron chi connectivity index (χ4n) is 1.36. The van der Waals surface area contributed by atoms with Gasteiger partial charge in [0.05, 0.1) is 0 Å². The molecule has 3 nitrogen and oxygen atoms in total. The van der Waals surface area contributed by atoms with Crippen molar-refractivity contribution in [2.45, 2.75) is 40.5 Å². The molecule has 0 heterocycles. The molecule has 0 aliphatic heterocycles. The first-order valence-corrected chi connectivity index (χ1v) is 5.19. The van der Waals surface area contributed by atoms with Crippen LogP contribution in [0.3, 0.4) is 0 Å². The topological polar surface area (TPSA) is 63.3 Å². The Kier molecular flexibility index (Phi) is 5.13. The van der Waals surface area contributed by atoms with Gasteiger partial charge >= 0.3 is 5.97 Å². The number of hydrogen-bond donors (Lipinski definition) is 2. The molecule has 0 radical (unpaired) electrons. The van der Waals surface area contributed by atoms with Gasteiger partial charge in [-0.1, -0.05) is 27.7 Å². The molecule has 0 aromatic heterocycles. The lowest BCUT2D eigenvalue weighted by Gasteiger charge is -2.29. The molecule has 0 rings (SSSR count). The molecule has 0 aliphatic rings.